The summed E-state index contributed by atoms with van der Waals surface area (Å²) in [4.78, 5) is 12.1. The Labute approximate surface area is 582 Å². The quantitative estimate of drug-likeness (QED) is 0.0926. The number of aliphatic hydroxyl groups excluding tert-OH is 1. The molecule has 95 heavy (non-hydrogen) atoms. The smallest absolute Gasteiger partial charge is 0.0594 e. The predicted molar refractivity (Wildman–Crippen MR) is 412 cm³/mol. The second-order valence-electron chi connectivity index (χ2n) is 33.2. The summed E-state index contributed by atoms with van der Waals surface area (Å²) >= 11 is 0. The van der Waals surface area contributed by atoms with E-state index in [1.54, 1.807) is 0 Å². The average Bonchev–Trinajstić information content (AvgIpc) is 0.880. The summed E-state index contributed by atoms with van der Waals surface area (Å²) in [6, 6.07) is 53.0. The molecule has 3 aliphatic heterocycles. The Morgan fingerprint density at radius 1 is 0.442 bits per heavy atom. The summed E-state index contributed by atoms with van der Waals surface area (Å²) in [5.41, 5.74) is 19.7. The Hall–Kier alpha value is -5.30. The van der Waals surface area contributed by atoms with Gasteiger partial charge in [-0.1, -0.05) is 282 Å². The van der Waals surface area contributed by atoms with Crippen molar-refractivity contribution in [3.05, 3.63) is 225 Å². The van der Waals surface area contributed by atoms with E-state index in [1.165, 1.54) is 118 Å². The van der Waals surface area contributed by atoms with Crippen LogP contribution in [0.25, 0.3) is 0 Å². The summed E-state index contributed by atoms with van der Waals surface area (Å²) < 4.78 is 5.39. The first-order valence-corrected chi connectivity index (χ1v) is 35.7. The standard InChI is InChI=1S/C17H25N.C16H26N2.C15H23NO.C14H23NO.2C12H19N/c1-14-7-6-10-18(12-14)13-15-8-5-9-16(11-15)17(2,3)4;1-16(2,3)15-7-5-14(6-8-15)13-18-11-9-17(4)10-12-18;1-15(2,3)14-7-5-4-6-13(14)12-16-8-10-17-11-9-16;1-14(2,3)13-7-5-6-12(10-13)11-15(4)8-9-16;1-12(2,3)11-7-5-6-10(8-11)9-13-4;1-12(2,3)11-8-6-5-7-10(11)9-13-4/h5,8-9,11H,1,6-7,10,12-13H2,2-4H3;5-8H,9-13H2,1-4H3;4-7H,8-12H2,1-3H3;5-7,10,16H,8-9,11H2,1-4H3;2*5-8,13H,9H2,1-4H3. The van der Waals surface area contributed by atoms with Gasteiger partial charge in [0, 0.05) is 91.6 Å². The Balaban J connectivity index is 0.000000244. The fraction of sp³-hybridized carbons (Fsp3) is 0.558. The van der Waals surface area contributed by atoms with Crippen molar-refractivity contribution in [2.75, 3.05) is 107 Å². The van der Waals surface area contributed by atoms with Crippen LogP contribution < -0.4 is 10.6 Å². The molecule has 0 unspecified atom stereocenters. The van der Waals surface area contributed by atoms with Gasteiger partial charge in [-0.2, -0.15) is 0 Å². The number of hydrogen-bond donors (Lipinski definition) is 3. The number of nitrogens with one attached hydrogen (secondary N) is 2. The van der Waals surface area contributed by atoms with Gasteiger partial charge in [-0.15, -0.1) is 0 Å². The van der Waals surface area contributed by atoms with E-state index in [9.17, 15) is 0 Å². The maximum absolute atomic E-state index is 8.86. The molecule has 3 heterocycles. The van der Waals surface area contributed by atoms with Crippen LogP contribution >= 0.6 is 0 Å². The highest BCUT2D eigenvalue weighted by Gasteiger charge is 2.22. The molecule has 0 saturated carbocycles. The Morgan fingerprint density at radius 2 is 0.884 bits per heavy atom. The Bertz CT molecular complexity index is 3110. The van der Waals surface area contributed by atoms with Crippen molar-refractivity contribution in [1.82, 2.24) is 35.1 Å². The summed E-state index contributed by atoms with van der Waals surface area (Å²) in [6.45, 7) is 62.6. The molecule has 0 atom stereocenters. The van der Waals surface area contributed by atoms with Gasteiger partial charge in [0.1, 0.15) is 0 Å². The van der Waals surface area contributed by atoms with Crippen LogP contribution in [-0.2, 0) is 76.5 Å². The third-order valence-corrected chi connectivity index (χ3v) is 17.9. The van der Waals surface area contributed by atoms with Crippen molar-refractivity contribution < 1.29 is 9.84 Å². The molecule has 3 saturated heterocycles. The molecule has 6 aromatic carbocycles. The lowest BCUT2D eigenvalue weighted by atomic mass is 9.83. The van der Waals surface area contributed by atoms with Crippen LogP contribution in [0.15, 0.2) is 158 Å². The highest BCUT2D eigenvalue weighted by Crippen LogP contribution is 2.30. The van der Waals surface area contributed by atoms with E-state index in [0.29, 0.717) is 0 Å². The van der Waals surface area contributed by atoms with E-state index in [1.807, 2.05) is 21.1 Å². The van der Waals surface area contributed by atoms with Crippen molar-refractivity contribution in [3.63, 3.8) is 0 Å². The fourth-order valence-corrected chi connectivity index (χ4v) is 12.0. The van der Waals surface area contributed by atoms with E-state index in [0.717, 1.165) is 78.7 Å². The van der Waals surface area contributed by atoms with Crippen LogP contribution in [0, 0.1) is 0 Å². The molecule has 9 rings (SSSR count). The normalized spacial score (nSPS) is 15.6. The number of ether oxygens (including phenoxy) is 1. The zero-order valence-corrected chi connectivity index (χ0v) is 64.3. The van der Waals surface area contributed by atoms with Crippen LogP contribution in [0.2, 0.25) is 0 Å². The third kappa shape index (κ3) is 31.4. The first-order valence-electron chi connectivity index (χ1n) is 35.7. The van der Waals surface area contributed by atoms with E-state index >= 15 is 0 Å². The summed E-state index contributed by atoms with van der Waals surface area (Å²) in [5, 5.41) is 15.2. The van der Waals surface area contributed by atoms with Crippen LogP contribution in [0.3, 0.4) is 0 Å². The van der Waals surface area contributed by atoms with Gasteiger partial charge in [0.15, 0.2) is 0 Å². The Morgan fingerprint density at radius 3 is 1.37 bits per heavy atom. The number of likely N-dealkylation sites (tertiary alicyclic amines) is 1. The SMILES string of the molecule is C=C1CCCN(Cc2cccc(C(C)(C)C)c2)C1.CC(C)(C)c1ccccc1CN1CCOCC1.CN(CCO)Cc1cccc(C(C)(C)C)c1.CN1CCN(Cc2ccc(C(C)(C)C)cc2)CC1.CNCc1cccc(C(C)(C)C)c1.CNCc1ccccc1C(C)(C)C. The summed E-state index contributed by atoms with van der Waals surface area (Å²) in [5.74, 6) is 0. The van der Waals surface area contributed by atoms with Gasteiger partial charge >= 0.3 is 0 Å². The molecule has 0 spiro atoms. The number of benzene rings is 6. The number of morpholine rings is 1. The number of hydrogen-bond acceptors (Lipinski definition) is 9. The van der Waals surface area contributed by atoms with E-state index in [4.69, 9.17) is 9.84 Å². The fourth-order valence-electron chi connectivity index (χ4n) is 12.0. The van der Waals surface area contributed by atoms with Gasteiger partial charge in [0.05, 0.1) is 19.8 Å². The monoisotopic (exact) mass is 1300 g/mol. The highest BCUT2D eigenvalue weighted by molar-refractivity contribution is 5.35. The van der Waals surface area contributed by atoms with Gasteiger partial charge < -0.3 is 25.4 Å². The van der Waals surface area contributed by atoms with Crippen molar-refractivity contribution in [2.24, 2.45) is 0 Å². The number of aliphatic hydroxyl groups is 1. The first kappa shape index (κ1) is 82.1. The molecule has 3 aliphatic rings. The second-order valence-corrected chi connectivity index (χ2v) is 33.2. The molecule has 0 aromatic heterocycles. The molecule has 0 amide bonds. The maximum Gasteiger partial charge on any atom is 0.0594 e. The number of rotatable bonds is 14. The number of piperidine rings is 1. The summed E-state index contributed by atoms with van der Waals surface area (Å²) in [6.07, 6.45) is 2.47. The van der Waals surface area contributed by atoms with Gasteiger partial charge in [0.25, 0.3) is 0 Å². The zero-order valence-electron chi connectivity index (χ0n) is 64.3. The zero-order chi connectivity index (χ0) is 70.6. The van der Waals surface area contributed by atoms with Crippen LogP contribution in [0.4, 0.5) is 0 Å². The topological polar surface area (TPSA) is 69.7 Å². The summed E-state index contributed by atoms with van der Waals surface area (Å²) in [7, 11) is 8.19. The van der Waals surface area contributed by atoms with Crippen LogP contribution in [-0.4, -0.2) is 137 Å². The van der Waals surface area contributed by atoms with E-state index in [2.05, 4.69) is 319 Å². The molecule has 0 radical (unpaired) electrons. The minimum atomic E-state index is 0.200. The number of likely N-dealkylation sites (N-methyl/N-ethyl adjacent to an activating group) is 2. The predicted octanol–water partition coefficient (Wildman–Crippen LogP) is 17.5. The van der Waals surface area contributed by atoms with Gasteiger partial charge in [-0.05, 0) is 147 Å². The van der Waals surface area contributed by atoms with E-state index < -0.39 is 0 Å². The molecule has 0 aliphatic carbocycles. The van der Waals surface area contributed by atoms with Crippen molar-refractivity contribution in [1.29, 1.82) is 0 Å². The van der Waals surface area contributed by atoms with Crippen LogP contribution in [0.5, 0.6) is 0 Å². The minimum Gasteiger partial charge on any atom is -0.395 e. The lowest BCUT2D eigenvalue weighted by molar-refractivity contribution is 0.0340. The van der Waals surface area contributed by atoms with Crippen molar-refractivity contribution >= 4 is 0 Å². The molecular weight excluding hydrogens is 1160 g/mol. The molecule has 9 nitrogen and oxygen atoms in total. The van der Waals surface area contributed by atoms with Gasteiger partial charge in [-0.25, -0.2) is 0 Å². The number of nitrogens with zero attached hydrogens (tertiary/aromatic N) is 5. The minimum absolute atomic E-state index is 0.200. The molecule has 0 bridgehead atoms. The van der Waals surface area contributed by atoms with Crippen molar-refractivity contribution in [2.45, 2.75) is 209 Å². The second kappa shape index (κ2) is 39.3. The van der Waals surface area contributed by atoms with Crippen molar-refractivity contribution in [3.8, 4) is 0 Å². The molecule has 3 fully saturated rings. The lowest BCUT2D eigenvalue weighted by Gasteiger charge is -2.32. The first-order chi connectivity index (χ1) is 44.5. The average molecular weight is 1300 g/mol. The molecular formula is C86H135N7O2. The Kier molecular flexibility index (Phi) is 34.0. The highest BCUT2D eigenvalue weighted by atomic mass is 16.5. The molecule has 6 aromatic rings. The molecule has 3 N–H and O–H groups in total. The lowest BCUT2D eigenvalue weighted by Crippen LogP contribution is -2.43. The van der Waals surface area contributed by atoms with E-state index in [-0.39, 0.29) is 39.1 Å². The molecule has 9 heteroatoms. The third-order valence-electron chi connectivity index (χ3n) is 17.9. The number of piperazine rings is 1. The van der Waals surface area contributed by atoms with Gasteiger partial charge in [0.2, 0.25) is 0 Å². The maximum atomic E-state index is 8.86. The largest absolute Gasteiger partial charge is 0.395 e. The van der Waals surface area contributed by atoms with Gasteiger partial charge in [-0.3, -0.25) is 19.6 Å². The molecule has 526 valence electrons. The van der Waals surface area contributed by atoms with Crippen LogP contribution in [0.1, 0.15) is 204 Å².